The lowest BCUT2D eigenvalue weighted by atomic mass is 10.1. The van der Waals surface area contributed by atoms with Gasteiger partial charge in [0, 0.05) is 6.20 Å². The molecule has 0 aliphatic heterocycles. The number of nitrogens with zero attached hydrogens (tertiary/aromatic N) is 3. The fraction of sp³-hybridized carbons (Fsp3) is 0.429. The average molecular weight is 307 g/mol. The van der Waals surface area contributed by atoms with Gasteiger partial charge < -0.3 is 10.1 Å². The van der Waals surface area contributed by atoms with Gasteiger partial charge in [0.1, 0.15) is 11.1 Å². The standard InChI is InChI=1S/C14H15ClN4O2/c1-3-8-7-14(8,12(20)21-2)19-11-10-9(5-4-6-16-10)17-13(15)18-11/h4-6,8H,3,7H2,1-2H3,(H,17,18,19)/t8-,14-/m1/s1. The number of hydrogen-bond donors (Lipinski definition) is 1. The molecule has 1 aliphatic rings. The molecule has 0 bridgehead atoms. The highest BCUT2D eigenvalue weighted by atomic mass is 35.5. The number of hydrogen-bond acceptors (Lipinski definition) is 6. The predicted molar refractivity (Wildman–Crippen MR) is 79.1 cm³/mol. The quantitative estimate of drug-likeness (QED) is 0.690. The van der Waals surface area contributed by atoms with E-state index in [0.717, 1.165) is 6.42 Å². The molecule has 0 aromatic carbocycles. The second-order valence-corrected chi connectivity index (χ2v) is 5.45. The van der Waals surface area contributed by atoms with Gasteiger partial charge in [0.2, 0.25) is 5.28 Å². The number of ether oxygens (including phenoxy) is 1. The van der Waals surface area contributed by atoms with Gasteiger partial charge in [-0.1, -0.05) is 13.3 Å². The van der Waals surface area contributed by atoms with E-state index in [9.17, 15) is 4.79 Å². The average Bonchev–Trinajstić information content (AvgIpc) is 3.20. The van der Waals surface area contributed by atoms with Crippen molar-refractivity contribution < 1.29 is 9.53 Å². The summed E-state index contributed by atoms with van der Waals surface area (Å²) >= 11 is 5.95. The second-order valence-electron chi connectivity index (χ2n) is 5.11. The number of anilines is 1. The lowest BCUT2D eigenvalue weighted by molar-refractivity contribution is -0.143. The van der Waals surface area contributed by atoms with Crippen molar-refractivity contribution in [2.45, 2.75) is 25.3 Å². The highest BCUT2D eigenvalue weighted by molar-refractivity contribution is 6.28. The summed E-state index contributed by atoms with van der Waals surface area (Å²) in [6.07, 6.45) is 3.25. The van der Waals surface area contributed by atoms with Gasteiger partial charge >= 0.3 is 5.97 Å². The molecule has 6 nitrogen and oxygen atoms in total. The first-order chi connectivity index (χ1) is 10.1. The van der Waals surface area contributed by atoms with E-state index in [1.54, 1.807) is 18.3 Å². The molecule has 2 aromatic heterocycles. The van der Waals surface area contributed by atoms with Crippen LogP contribution >= 0.6 is 11.6 Å². The number of carbonyl (C=O) groups excluding carboxylic acids is 1. The van der Waals surface area contributed by atoms with Crippen molar-refractivity contribution in [3.8, 4) is 0 Å². The summed E-state index contributed by atoms with van der Waals surface area (Å²) in [6.45, 7) is 2.04. The predicted octanol–water partition coefficient (Wildman–Crippen LogP) is 2.43. The monoisotopic (exact) mass is 306 g/mol. The zero-order valence-corrected chi connectivity index (χ0v) is 12.5. The molecule has 1 fully saturated rings. The van der Waals surface area contributed by atoms with Crippen LogP contribution in [0.2, 0.25) is 5.28 Å². The number of methoxy groups -OCH3 is 1. The fourth-order valence-electron chi connectivity index (χ4n) is 2.70. The van der Waals surface area contributed by atoms with Crippen LogP contribution in [0.25, 0.3) is 11.0 Å². The number of pyridine rings is 1. The minimum absolute atomic E-state index is 0.117. The lowest BCUT2D eigenvalue weighted by Crippen LogP contribution is -2.36. The normalized spacial score (nSPS) is 23.9. The van der Waals surface area contributed by atoms with Crippen LogP contribution in [0, 0.1) is 5.92 Å². The van der Waals surface area contributed by atoms with E-state index < -0.39 is 5.54 Å². The summed E-state index contributed by atoms with van der Waals surface area (Å²) in [7, 11) is 1.39. The van der Waals surface area contributed by atoms with E-state index >= 15 is 0 Å². The van der Waals surface area contributed by atoms with Crippen molar-refractivity contribution >= 4 is 34.4 Å². The molecule has 7 heteroatoms. The largest absolute Gasteiger partial charge is 0.467 e. The van der Waals surface area contributed by atoms with E-state index in [4.69, 9.17) is 16.3 Å². The molecule has 0 radical (unpaired) electrons. The van der Waals surface area contributed by atoms with Crippen LogP contribution < -0.4 is 5.32 Å². The number of rotatable bonds is 4. The Morgan fingerprint density at radius 2 is 2.38 bits per heavy atom. The van der Waals surface area contributed by atoms with Gasteiger partial charge in [-0.05, 0) is 36.1 Å². The molecule has 2 atom stereocenters. The molecule has 0 unspecified atom stereocenters. The van der Waals surface area contributed by atoms with E-state index in [2.05, 4.69) is 20.3 Å². The van der Waals surface area contributed by atoms with E-state index in [-0.39, 0.29) is 17.2 Å². The van der Waals surface area contributed by atoms with Gasteiger partial charge in [-0.15, -0.1) is 0 Å². The van der Waals surface area contributed by atoms with Crippen LogP contribution in [0.1, 0.15) is 19.8 Å². The molecule has 1 saturated carbocycles. The maximum Gasteiger partial charge on any atom is 0.331 e. The van der Waals surface area contributed by atoms with Gasteiger partial charge in [0.15, 0.2) is 5.82 Å². The third-order valence-corrected chi connectivity index (χ3v) is 4.09. The van der Waals surface area contributed by atoms with Crippen LogP contribution in [0.4, 0.5) is 5.82 Å². The van der Waals surface area contributed by atoms with Crippen molar-refractivity contribution in [3.63, 3.8) is 0 Å². The second kappa shape index (κ2) is 5.11. The summed E-state index contributed by atoms with van der Waals surface area (Å²) in [4.78, 5) is 24.7. The summed E-state index contributed by atoms with van der Waals surface area (Å²) in [6, 6.07) is 3.58. The number of fused-ring (bicyclic) bond motifs is 1. The Morgan fingerprint density at radius 1 is 1.57 bits per heavy atom. The molecular weight excluding hydrogens is 292 g/mol. The Bertz CT molecular complexity index is 708. The first-order valence-corrected chi connectivity index (χ1v) is 7.13. The molecule has 110 valence electrons. The third kappa shape index (κ3) is 2.29. The Morgan fingerprint density at radius 3 is 3.05 bits per heavy atom. The number of aromatic nitrogens is 3. The SMILES string of the molecule is CC[C@@H]1C[C@]1(Nc1nc(Cl)nc2cccnc12)C(=O)OC. The van der Waals surface area contributed by atoms with E-state index in [1.165, 1.54) is 7.11 Å². The summed E-state index contributed by atoms with van der Waals surface area (Å²) < 4.78 is 4.93. The van der Waals surface area contributed by atoms with E-state index in [0.29, 0.717) is 23.3 Å². The maximum absolute atomic E-state index is 12.1. The lowest BCUT2D eigenvalue weighted by Gasteiger charge is -2.18. The first kappa shape index (κ1) is 14.0. The molecule has 2 aromatic rings. The molecule has 3 rings (SSSR count). The molecule has 0 amide bonds. The highest BCUT2D eigenvalue weighted by Gasteiger charge is 2.60. The molecule has 1 aliphatic carbocycles. The Kier molecular flexibility index (Phi) is 3.41. The topological polar surface area (TPSA) is 77.0 Å². The van der Waals surface area contributed by atoms with Crippen molar-refractivity contribution in [2.24, 2.45) is 5.92 Å². The Labute approximate surface area is 126 Å². The minimum Gasteiger partial charge on any atom is -0.467 e. The zero-order chi connectivity index (χ0) is 15.0. The van der Waals surface area contributed by atoms with Crippen LogP contribution in [0.5, 0.6) is 0 Å². The van der Waals surface area contributed by atoms with Gasteiger partial charge in [-0.25, -0.2) is 9.78 Å². The van der Waals surface area contributed by atoms with Crippen LogP contribution in [-0.4, -0.2) is 33.6 Å². The zero-order valence-electron chi connectivity index (χ0n) is 11.8. The van der Waals surface area contributed by atoms with Crippen molar-refractivity contribution in [1.29, 1.82) is 0 Å². The van der Waals surface area contributed by atoms with Crippen molar-refractivity contribution in [3.05, 3.63) is 23.6 Å². The van der Waals surface area contributed by atoms with Crippen LogP contribution in [0.15, 0.2) is 18.3 Å². The van der Waals surface area contributed by atoms with Crippen LogP contribution in [-0.2, 0) is 9.53 Å². The van der Waals surface area contributed by atoms with Crippen molar-refractivity contribution in [2.75, 3.05) is 12.4 Å². The van der Waals surface area contributed by atoms with Crippen molar-refractivity contribution in [1.82, 2.24) is 15.0 Å². The molecular formula is C14H15ClN4O2. The van der Waals surface area contributed by atoms with Gasteiger partial charge in [0.25, 0.3) is 0 Å². The molecule has 1 N–H and O–H groups in total. The molecule has 0 saturated heterocycles. The minimum atomic E-state index is -0.731. The number of nitrogens with one attached hydrogen (secondary N) is 1. The third-order valence-electron chi connectivity index (χ3n) is 3.92. The smallest absolute Gasteiger partial charge is 0.331 e. The van der Waals surface area contributed by atoms with E-state index in [1.807, 2.05) is 6.92 Å². The Hall–Kier alpha value is -1.95. The number of esters is 1. The van der Waals surface area contributed by atoms with Gasteiger partial charge in [-0.2, -0.15) is 4.98 Å². The maximum atomic E-state index is 12.1. The summed E-state index contributed by atoms with van der Waals surface area (Å²) in [5.41, 5.74) is 0.492. The van der Waals surface area contributed by atoms with Gasteiger partial charge in [0.05, 0.1) is 12.6 Å². The fourth-order valence-corrected chi connectivity index (χ4v) is 2.87. The molecule has 21 heavy (non-hydrogen) atoms. The summed E-state index contributed by atoms with van der Waals surface area (Å²) in [5, 5.41) is 3.31. The van der Waals surface area contributed by atoms with Crippen LogP contribution in [0.3, 0.4) is 0 Å². The number of halogens is 1. The summed E-state index contributed by atoms with van der Waals surface area (Å²) in [5.74, 6) is 0.401. The van der Waals surface area contributed by atoms with Gasteiger partial charge in [-0.3, -0.25) is 4.98 Å². The Balaban J connectivity index is 2.03. The highest BCUT2D eigenvalue weighted by Crippen LogP contribution is 2.49. The number of carbonyl (C=O) groups is 1. The first-order valence-electron chi connectivity index (χ1n) is 6.75. The molecule has 0 spiro atoms. The molecule has 2 heterocycles.